The molecule has 0 saturated carbocycles. The first-order chi connectivity index (χ1) is 10.7. The van der Waals surface area contributed by atoms with E-state index in [0.29, 0.717) is 0 Å². The maximum atomic E-state index is 12.6. The number of carbonyl (C=O) groups excluding carboxylic acids is 4. The molecule has 4 rings (SSSR count). The van der Waals surface area contributed by atoms with Crippen LogP contribution in [0.3, 0.4) is 0 Å². The molecule has 3 atom stereocenters. The molecule has 4 saturated heterocycles. The number of nitrogens with zero attached hydrogens (tertiary/aromatic N) is 1. The summed E-state index contributed by atoms with van der Waals surface area (Å²) in [6, 6.07) is 0. The van der Waals surface area contributed by atoms with Gasteiger partial charge < -0.3 is 29.3 Å². The van der Waals surface area contributed by atoms with Crippen molar-refractivity contribution in [2.24, 2.45) is 0 Å². The summed E-state index contributed by atoms with van der Waals surface area (Å²) in [5.41, 5.74) is -1.72. The van der Waals surface area contributed by atoms with Crippen LogP contribution in [0.1, 0.15) is 19.8 Å². The number of hydrogen-bond acceptors (Lipinski definition) is 9. The Hall–Kier alpha value is -2.20. The van der Waals surface area contributed by atoms with Crippen molar-refractivity contribution in [1.29, 1.82) is 0 Å². The van der Waals surface area contributed by atoms with Crippen LogP contribution in [-0.2, 0) is 33.4 Å². The molecule has 126 valence electrons. The van der Waals surface area contributed by atoms with Crippen LogP contribution in [0.4, 0.5) is 0 Å². The summed E-state index contributed by atoms with van der Waals surface area (Å²) < 4.78 is 15.2. The number of rotatable bonds is 1. The van der Waals surface area contributed by atoms with Crippen LogP contribution in [0.25, 0.3) is 0 Å². The van der Waals surface area contributed by atoms with Crippen LogP contribution in [0, 0.1) is 0 Å². The number of fused-ring (bicyclic) bond motifs is 2. The molecule has 10 heteroatoms. The van der Waals surface area contributed by atoms with Gasteiger partial charge in [-0.3, -0.25) is 9.59 Å². The Morgan fingerprint density at radius 2 is 1.65 bits per heavy atom. The van der Waals surface area contributed by atoms with E-state index in [1.165, 1.54) is 4.90 Å². The van der Waals surface area contributed by atoms with Gasteiger partial charge in [0.05, 0.1) is 0 Å². The Balaban J connectivity index is 2.14. The Bertz CT molecular complexity index is 594. The van der Waals surface area contributed by atoms with Crippen molar-refractivity contribution in [3.05, 3.63) is 0 Å². The summed E-state index contributed by atoms with van der Waals surface area (Å²) in [6.45, 7) is 1.43. The normalized spacial score (nSPS) is 39.8. The second-order valence-electron chi connectivity index (χ2n) is 5.73. The Labute approximate surface area is 129 Å². The standard InChI is InChI=1S/C13H15NO9/c1-6(15)21-13-11(20)14-4-2-12(13,3-5-14)22-9(18)7(16)8(17)10(19)23-13/h7-8,16-17H,2-5H2,1H3. The van der Waals surface area contributed by atoms with E-state index in [4.69, 9.17) is 14.2 Å². The van der Waals surface area contributed by atoms with E-state index in [0.717, 1.165) is 6.92 Å². The minimum absolute atomic E-state index is 0.0633. The van der Waals surface area contributed by atoms with Crippen LogP contribution in [0.15, 0.2) is 0 Å². The largest absolute Gasteiger partial charge is 0.448 e. The second kappa shape index (κ2) is 4.90. The fraction of sp³-hybridized carbons (Fsp3) is 0.692. The van der Waals surface area contributed by atoms with Gasteiger partial charge in [0.2, 0.25) is 5.60 Å². The van der Waals surface area contributed by atoms with Crippen molar-refractivity contribution in [3.63, 3.8) is 0 Å². The molecule has 0 radical (unpaired) electrons. The number of hydrogen-bond donors (Lipinski definition) is 2. The fourth-order valence-electron chi connectivity index (χ4n) is 3.18. The summed E-state index contributed by atoms with van der Waals surface area (Å²) in [5, 5.41) is 19.3. The average molecular weight is 329 g/mol. The lowest BCUT2D eigenvalue weighted by Crippen LogP contribution is -2.78. The Morgan fingerprint density at radius 1 is 1.13 bits per heavy atom. The number of aliphatic hydroxyl groups is 2. The van der Waals surface area contributed by atoms with E-state index in [9.17, 15) is 29.4 Å². The smallest absolute Gasteiger partial charge is 0.377 e. The topological polar surface area (TPSA) is 140 Å². The highest BCUT2D eigenvalue weighted by Gasteiger charge is 2.73. The van der Waals surface area contributed by atoms with Gasteiger partial charge in [-0.2, -0.15) is 0 Å². The lowest BCUT2D eigenvalue weighted by atomic mass is 9.76. The van der Waals surface area contributed by atoms with E-state index in [-0.39, 0.29) is 25.9 Å². The third kappa shape index (κ3) is 2.01. The molecule has 4 fully saturated rings. The third-order valence-corrected chi connectivity index (χ3v) is 4.35. The predicted molar refractivity (Wildman–Crippen MR) is 67.2 cm³/mol. The van der Waals surface area contributed by atoms with Gasteiger partial charge in [0.1, 0.15) is 0 Å². The minimum Gasteiger partial charge on any atom is -0.448 e. The molecule has 3 unspecified atom stereocenters. The first kappa shape index (κ1) is 15.7. The first-order valence-corrected chi connectivity index (χ1v) is 7.03. The Morgan fingerprint density at radius 3 is 2.17 bits per heavy atom. The Kier molecular flexibility index (Phi) is 3.34. The summed E-state index contributed by atoms with van der Waals surface area (Å²) in [5.74, 6) is -6.98. The van der Waals surface area contributed by atoms with Gasteiger partial charge in [-0.15, -0.1) is 0 Å². The van der Waals surface area contributed by atoms with Gasteiger partial charge in [-0.25, -0.2) is 9.59 Å². The lowest BCUT2D eigenvalue weighted by molar-refractivity contribution is -0.321. The summed E-state index contributed by atoms with van der Waals surface area (Å²) in [4.78, 5) is 49.4. The molecule has 2 N–H and O–H groups in total. The zero-order chi connectivity index (χ0) is 17.0. The monoisotopic (exact) mass is 329 g/mol. The molecule has 4 heterocycles. The van der Waals surface area contributed by atoms with Gasteiger partial charge >= 0.3 is 29.6 Å². The molecule has 0 aromatic rings. The van der Waals surface area contributed by atoms with Crippen molar-refractivity contribution in [2.45, 2.75) is 43.4 Å². The number of esters is 3. The summed E-state index contributed by atoms with van der Waals surface area (Å²) in [7, 11) is 0. The number of piperidine rings is 3. The van der Waals surface area contributed by atoms with Gasteiger partial charge in [0.15, 0.2) is 12.2 Å². The van der Waals surface area contributed by atoms with Crippen LogP contribution < -0.4 is 0 Å². The molecular formula is C13H15NO9. The quantitative estimate of drug-likeness (QED) is 0.497. The van der Waals surface area contributed by atoms with E-state index >= 15 is 0 Å². The number of amides is 1. The fourth-order valence-corrected chi connectivity index (χ4v) is 3.18. The molecule has 1 spiro atoms. The molecule has 0 aliphatic carbocycles. The SMILES string of the molecule is CC(=O)OC12OC(=O)C(O)C(O)C(=O)OC13CCN(CC3)C2=O. The summed E-state index contributed by atoms with van der Waals surface area (Å²) >= 11 is 0. The van der Waals surface area contributed by atoms with Crippen LogP contribution >= 0.6 is 0 Å². The third-order valence-electron chi connectivity index (χ3n) is 4.35. The molecule has 2 bridgehead atoms. The minimum atomic E-state index is -2.48. The molecule has 1 amide bonds. The lowest BCUT2D eigenvalue weighted by Gasteiger charge is -2.56. The number of ether oxygens (including phenoxy) is 3. The molecule has 23 heavy (non-hydrogen) atoms. The van der Waals surface area contributed by atoms with Crippen molar-refractivity contribution in [3.8, 4) is 0 Å². The van der Waals surface area contributed by atoms with Gasteiger partial charge in [0, 0.05) is 32.9 Å². The molecule has 4 aliphatic rings. The highest BCUT2D eigenvalue weighted by molar-refractivity contribution is 5.95. The van der Waals surface area contributed by atoms with Crippen LogP contribution in [-0.4, -0.2) is 75.6 Å². The highest BCUT2D eigenvalue weighted by atomic mass is 16.8. The number of carbonyl (C=O) groups is 4. The van der Waals surface area contributed by atoms with Gasteiger partial charge in [-0.05, 0) is 0 Å². The second-order valence-corrected chi connectivity index (χ2v) is 5.73. The molecule has 0 aromatic carbocycles. The molecule has 10 nitrogen and oxygen atoms in total. The highest BCUT2D eigenvalue weighted by Crippen LogP contribution is 2.47. The molecule has 0 aromatic heterocycles. The number of aliphatic hydroxyl groups excluding tert-OH is 2. The predicted octanol–water partition coefficient (Wildman–Crippen LogP) is -2.56. The maximum Gasteiger partial charge on any atom is 0.377 e. The zero-order valence-corrected chi connectivity index (χ0v) is 12.2. The van der Waals surface area contributed by atoms with Crippen molar-refractivity contribution in [2.75, 3.05) is 13.1 Å². The van der Waals surface area contributed by atoms with Gasteiger partial charge in [0.25, 0.3) is 0 Å². The van der Waals surface area contributed by atoms with Crippen molar-refractivity contribution < 1.29 is 43.6 Å². The molecule has 4 aliphatic heterocycles. The average Bonchev–Trinajstić information content (AvgIpc) is 2.49. The van der Waals surface area contributed by atoms with E-state index in [2.05, 4.69) is 0 Å². The zero-order valence-electron chi connectivity index (χ0n) is 12.2. The van der Waals surface area contributed by atoms with E-state index < -0.39 is 47.4 Å². The summed E-state index contributed by atoms with van der Waals surface area (Å²) in [6.07, 6.45) is -4.28. The first-order valence-electron chi connectivity index (χ1n) is 7.03. The van der Waals surface area contributed by atoms with E-state index in [1.807, 2.05) is 0 Å². The van der Waals surface area contributed by atoms with Gasteiger partial charge in [-0.1, -0.05) is 0 Å². The maximum absolute atomic E-state index is 12.6. The van der Waals surface area contributed by atoms with E-state index in [1.54, 1.807) is 0 Å². The van der Waals surface area contributed by atoms with Crippen LogP contribution in [0.5, 0.6) is 0 Å². The van der Waals surface area contributed by atoms with Crippen molar-refractivity contribution in [1.82, 2.24) is 4.90 Å². The molecular weight excluding hydrogens is 314 g/mol. The van der Waals surface area contributed by atoms with Crippen molar-refractivity contribution >= 4 is 23.8 Å². The van der Waals surface area contributed by atoms with Crippen LogP contribution in [0.2, 0.25) is 0 Å².